The van der Waals surface area contributed by atoms with Crippen molar-refractivity contribution >= 4 is 22.9 Å². The van der Waals surface area contributed by atoms with Crippen molar-refractivity contribution in [2.45, 2.75) is 13.5 Å². The van der Waals surface area contributed by atoms with E-state index in [1.165, 1.54) is 0 Å². The number of ketones is 1. The van der Waals surface area contributed by atoms with Crippen LogP contribution in [0.15, 0.2) is 36.2 Å². The third-order valence-corrected chi connectivity index (χ3v) is 5.50. The number of aryl methyl sites for hydroxylation is 1. The molecule has 7 heteroatoms. The number of aromatic amines is 1. The summed E-state index contributed by atoms with van der Waals surface area (Å²) >= 11 is 0. The lowest BCUT2D eigenvalue weighted by Crippen LogP contribution is -2.42. The maximum absolute atomic E-state index is 12.9. The lowest BCUT2D eigenvalue weighted by atomic mass is 10.0. The fourth-order valence-electron chi connectivity index (χ4n) is 3.93. The quantitative estimate of drug-likeness (QED) is 0.596. The molecule has 3 N–H and O–H groups in total. The maximum Gasteiger partial charge on any atom is 0.231 e. The molecule has 0 saturated carbocycles. The molecule has 1 saturated heterocycles. The van der Waals surface area contributed by atoms with Gasteiger partial charge in [-0.25, -0.2) is 4.98 Å². The SMILES string of the molecule is Cc1ccc2c(/C=C3\Oc4c(ccc(O)c4CN4CCNCC4)C3=O)c[nH]c2n1. The Bertz CT molecular complexity index is 1140. The molecule has 7 nitrogen and oxygen atoms in total. The van der Waals surface area contributed by atoms with E-state index >= 15 is 0 Å². The fourth-order valence-corrected chi connectivity index (χ4v) is 3.93. The highest BCUT2D eigenvalue weighted by molar-refractivity contribution is 6.15. The molecule has 29 heavy (non-hydrogen) atoms. The van der Waals surface area contributed by atoms with Gasteiger partial charge in [0.25, 0.3) is 0 Å². The zero-order chi connectivity index (χ0) is 20.0. The number of rotatable bonds is 3. The predicted octanol–water partition coefficient (Wildman–Crippen LogP) is 2.60. The van der Waals surface area contributed by atoms with Crippen LogP contribution in [-0.4, -0.2) is 51.9 Å². The minimum atomic E-state index is -0.170. The Labute approximate surface area is 168 Å². The molecule has 0 unspecified atom stereocenters. The van der Waals surface area contributed by atoms with E-state index in [1.807, 2.05) is 25.3 Å². The number of hydrogen-bond acceptors (Lipinski definition) is 6. The summed E-state index contributed by atoms with van der Waals surface area (Å²) in [5, 5.41) is 14.7. The molecule has 2 aliphatic heterocycles. The van der Waals surface area contributed by atoms with E-state index in [4.69, 9.17) is 4.74 Å². The number of allylic oxidation sites excluding steroid dienone is 1. The summed E-state index contributed by atoms with van der Waals surface area (Å²) in [6.45, 7) is 6.09. The molecule has 0 bridgehead atoms. The van der Waals surface area contributed by atoms with E-state index in [2.05, 4.69) is 20.2 Å². The number of carbonyl (C=O) groups is 1. The fraction of sp³-hybridized carbons (Fsp3) is 0.273. The van der Waals surface area contributed by atoms with Crippen molar-refractivity contribution < 1.29 is 14.6 Å². The largest absolute Gasteiger partial charge is 0.507 e. The van der Waals surface area contributed by atoms with Crippen molar-refractivity contribution in [2.75, 3.05) is 26.2 Å². The zero-order valence-corrected chi connectivity index (χ0v) is 16.2. The van der Waals surface area contributed by atoms with Crippen LogP contribution in [0.1, 0.15) is 27.2 Å². The lowest BCUT2D eigenvalue weighted by molar-refractivity contribution is 0.101. The van der Waals surface area contributed by atoms with Gasteiger partial charge in [-0.1, -0.05) is 0 Å². The summed E-state index contributed by atoms with van der Waals surface area (Å²) in [6, 6.07) is 7.14. The van der Waals surface area contributed by atoms with Gasteiger partial charge in [-0.05, 0) is 37.3 Å². The van der Waals surface area contributed by atoms with Crippen LogP contribution in [0.25, 0.3) is 17.1 Å². The summed E-state index contributed by atoms with van der Waals surface area (Å²) in [5.74, 6) is 0.710. The van der Waals surface area contributed by atoms with Crippen LogP contribution in [0.4, 0.5) is 0 Å². The number of phenols is 1. The Hall–Kier alpha value is -3.16. The highest BCUT2D eigenvalue weighted by Gasteiger charge is 2.32. The number of H-pyrrole nitrogens is 1. The van der Waals surface area contributed by atoms with Gasteiger partial charge in [-0.2, -0.15) is 0 Å². The number of aromatic hydroxyl groups is 1. The van der Waals surface area contributed by atoms with Gasteiger partial charge in [-0.15, -0.1) is 0 Å². The van der Waals surface area contributed by atoms with Gasteiger partial charge in [0.1, 0.15) is 17.1 Å². The lowest BCUT2D eigenvalue weighted by Gasteiger charge is -2.27. The molecule has 0 spiro atoms. The number of Topliss-reactive ketones (excluding diaryl/α,β-unsaturated/α-hetero) is 1. The normalized spacial score (nSPS) is 18.4. The molecule has 2 aliphatic rings. The van der Waals surface area contributed by atoms with Crippen LogP contribution >= 0.6 is 0 Å². The van der Waals surface area contributed by atoms with Crippen molar-refractivity contribution in [1.82, 2.24) is 20.2 Å². The molecule has 0 aliphatic carbocycles. The monoisotopic (exact) mass is 390 g/mol. The average molecular weight is 390 g/mol. The molecule has 1 fully saturated rings. The van der Waals surface area contributed by atoms with Crippen LogP contribution in [0.3, 0.4) is 0 Å². The number of benzene rings is 1. The number of aromatic nitrogens is 2. The number of pyridine rings is 1. The zero-order valence-electron chi connectivity index (χ0n) is 16.2. The summed E-state index contributed by atoms with van der Waals surface area (Å²) in [5.41, 5.74) is 3.70. The van der Waals surface area contributed by atoms with Crippen LogP contribution in [0.5, 0.6) is 11.5 Å². The topological polar surface area (TPSA) is 90.5 Å². The molecule has 0 radical (unpaired) electrons. The summed E-state index contributed by atoms with van der Waals surface area (Å²) in [6.07, 6.45) is 3.56. The number of carbonyl (C=O) groups excluding carboxylic acids is 1. The number of nitrogens with zero attached hydrogens (tertiary/aromatic N) is 2. The first-order chi connectivity index (χ1) is 14.1. The average Bonchev–Trinajstić information content (AvgIpc) is 3.26. The smallest absolute Gasteiger partial charge is 0.231 e. The molecule has 5 rings (SSSR count). The number of fused-ring (bicyclic) bond motifs is 2. The van der Waals surface area contributed by atoms with E-state index in [0.29, 0.717) is 23.4 Å². The second kappa shape index (κ2) is 7.02. The minimum Gasteiger partial charge on any atom is -0.507 e. The molecule has 0 amide bonds. The van der Waals surface area contributed by atoms with Crippen molar-refractivity contribution in [2.24, 2.45) is 0 Å². The van der Waals surface area contributed by atoms with Gasteiger partial charge in [0, 0.05) is 55.6 Å². The number of nitrogens with one attached hydrogen (secondary N) is 2. The highest BCUT2D eigenvalue weighted by atomic mass is 16.5. The van der Waals surface area contributed by atoms with Crippen LogP contribution < -0.4 is 10.1 Å². The predicted molar refractivity (Wildman–Crippen MR) is 110 cm³/mol. The number of ether oxygens (including phenoxy) is 1. The van der Waals surface area contributed by atoms with Gasteiger partial charge in [-0.3, -0.25) is 9.69 Å². The Balaban J connectivity index is 1.50. The minimum absolute atomic E-state index is 0.156. The Kier molecular flexibility index (Phi) is 4.34. The molecule has 3 aromatic rings. The van der Waals surface area contributed by atoms with Gasteiger partial charge in [0.05, 0.1) is 11.1 Å². The van der Waals surface area contributed by atoms with Crippen molar-refractivity contribution in [1.29, 1.82) is 0 Å². The number of phenolic OH excluding ortho intramolecular Hbond substituents is 1. The first-order valence-corrected chi connectivity index (χ1v) is 9.77. The van der Waals surface area contributed by atoms with Crippen LogP contribution in [0, 0.1) is 6.92 Å². The Morgan fingerprint density at radius 1 is 1.24 bits per heavy atom. The van der Waals surface area contributed by atoms with Gasteiger partial charge in [0.2, 0.25) is 5.78 Å². The van der Waals surface area contributed by atoms with Gasteiger partial charge < -0.3 is 20.1 Å². The summed E-state index contributed by atoms with van der Waals surface area (Å²) in [4.78, 5) is 22.8. The second-order valence-electron chi connectivity index (χ2n) is 7.50. The van der Waals surface area contributed by atoms with Crippen LogP contribution in [0.2, 0.25) is 0 Å². The third-order valence-electron chi connectivity index (χ3n) is 5.50. The van der Waals surface area contributed by atoms with E-state index in [1.54, 1.807) is 18.2 Å². The van der Waals surface area contributed by atoms with Gasteiger partial charge >= 0.3 is 0 Å². The molecular weight excluding hydrogens is 368 g/mol. The van der Waals surface area contributed by atoms with Gasteiger partial charge in [0.15, 0.2) is 5.76 Å². The third kappa shape index (κ3) is 3.18. The second-order valence-corrected chi connectivity index (χ2v) is 7.50. The van der Waals surface area contributed by atoms with Crippen molar-refractivity contribution in [3.63, 3.8) is 0 Å². The van der Waals surface area contributed by atoms with E-state index in [9.17, 15) is 9.90 Å². The summed E-state index contributed by atoms with van der Waals surface area (Å²) < 4.78 is 5.99. The summed E-state index contributed by atoms with van der Waals surface area (Å²) in [7, 11) is 0. The Morgan fingerprint density at radius 2 is 2.07 bits per heavy atom. The number of piperazine rings is 1. The van der Waals surface area contributed by atoms with E-state index in [0.717, 1.165) is 48.5 Å². The Morgan fingerprint density at radius 3 is 2.90 bits per heavy atom. The molecule has 4 heterocycles. The molecule has 1 aromatic carbocycles. The maximum atomic E-state index is 12.9. The van der Waals surface area contributed by atoms with Crippen molar-refractivity contribution in [3.8, 4) is 11.5 Å². The van der Waals surface area contributed by atoms with Crippen molar-refractivity contribution in [3.05, 3.63) is 58.6 Å². The molecule has 148 valence electrons. The van der Waals surface area contributed by atoms with E-state index < -0.39 is 0 Å². The molecule has 0 atom stereocenters. The molecular formula is C22H22N4O3. The first-order valence-electron chi connectivity index (χ1n) is 9.77. The standard InChI is InChI=1S/C22H22N4O3/c1-13-2-3-15-14(11-24-22(15)25-13)10-19-20(28)16-4-5-18(27)17(21(16)29-19)12-26-8-6-23-7-9-26/h2-5,10-11,23,27H,6-9,12H2,1H3,(H,24,25)/b19-10-. The molecule has 2 aromatic heterocycles. The van der Waals surface area contributed by atoms with E-state index in [-0.39, 0.29) is 17.3 Å². The number of hydrogen-bond donors (Lipinski definition) is 3. The van der Waals surface area contributed by atoms with Crippen LogP contribution in [-0.2, 0) is 6.54 Å². The highest BCUT2D eigenvalue weighted by Crippen LogP contribution is 2.40. The first kappa shape index (κ1) is 17.9.